The molecule has 0 unspecified atom stereocenters. The Morgan fingerprint density at radius 3 is 2.91 bits per heavy atom. The van der Waals surface area contributed by atoms with E-state index in [-0.39, 0.29) is 17.2 Å². The molecule has 0 aliphatic rings. The molecule has 3 rings (SSSR count). The number of ether oxygens (including phenoxy) is 1. The Bertz CT molecular complexity index is 799. The molecule has 7 heteroatoms. The van der Waals surface area contributed by atoms with Crippen LogP contribution in [0.5, 0.6) is 0 Å². The van der Waals surface area contributed by atoms with E-state index >= 15 is 0 Å². The molecule has 22 heavy (non-hydrogen) atoms. The van der Waals surface area contributed by atoms with Gasteiger partial charge in [0.25, 0.3) is 0 Å². The molecular weight excluding hydrogens is 345 g/mol. The van der Waals surface area contributed by atoms with Gasteiger partial charge in [-0.05, 0) is 29.6 Å². The van der Waals surface area contributed by atoms with Crippen LogP contribution in [0.15, 0.2) is 46.3 Å². The summed E-state index contributed by atoms with van der Waals surface area (Å²) in [5.41, 5.74) is 0.742. The fourth-order valence-electron chi connectivity index (χ4n) is 1.79. The van der Waals surface area contributed by atoms with Crippen LogP contribution in [0.4, 0.5) is 0 Å². The van der Waals surface area contributed by atoms with Crippen molar-refractivity contribution in [1.29, 1.82) is 0 Å². The molecule has 2 heterocycles. The highest BCUT2D eigenvalue weighted by molar-refractivity contribution is 7.13. The van der Waals surface area contributed by atoms with Crippen LogP contribution in [0, 0.1) is 0 Å². The highest BCUT2D eigenvalue weighted by atomic mass is 35.5. The molecule has 1 aromatic carbocycles. The molecule has 0 saturated heterocycles. The van der Waals surface area contributed by atoms with Gasteiger partial charge in [-0.15, -0.1) is 11.3 Å². The van der Waals surface area contributed by atoms with Gasteiger partial charge in [-0.25, -0.2) is 4.79 Å². The fourth-order valence-corrected chi connectivity index (χ4v) is 2.83. The summed E-state index contributed by atoms with van der Waals surface area (Å²) in [7, 11) is 0. The van der Waals surface area contributed by atoms with E-state index in [2.05, 4.69) is 5.16 Å². The van der Waals surface area contributed by atoms with Crippen LogP contribution < -0.4 is 0 Å². The number of rotatable bonds is 4. The highest BCUT2D eigenvalue weighted by Gasteiger charge is 2.14. The summed E-state index contributed by atoms with van der Waals surface area (Å²) in [6.07, 6.45) is 0. The lowest BCUT2D eigenvalue weighted by atomic mass is 10.2. The third-order valence-electron chi connectivity index (χ3n) is 2.82. The van der Waals surface area contributed by atoms with Gasteiger partial charge in [0.15, 0.2) is 5.76 Å². The Morgan fingerprint density at radius 2 is 2.14 bits per heavy atom. The highest BCUT2D eigenvalue weighted by Crippen LogP contribution is 2.26. The number of hydrogen-bond donors (Lipinski definition) is 0. The van der Waals surface area contributed by atoms with Gasteiger partial charge >= 0.3 is 5.97 Å². The van der Waals surface area contributed by atoms with Gasteiger partial charge in [0, 0.05) is 11.1 Å². The molecule has 0 atom stereocenters. The second-order valence-corrected chi connectivity index (χ2v) is 6.15. The van der Waals surface area contributed by atoms with E-state index < -0.39 is 5.97 Å². The van der Waals surface area contributed by atoms with E-state index in [9.17, 15) is 4.79 Å². The number of benzene rings is 1. The number of nitrogens with zero attached hydrogens (tertiary/aromatic N) is 1. The van der Waals surface area contributed by atoms with Gasteiger partial charge in [0.1, 0.15) is 12.3 Å². The first-order chi connectivity index (χ1) is 10.6. The molecule has 4 nitrogen and oxygen atoms in total. The summed E-state index contributed by atoms with van der Waals surface area (Å²) in [5.74, 6) is 0.0787. The van der Waals surface area contributed by atoms with Crippen molar-refractivity contribution in [1.82, 2.24) is 5.16 Å². The zero-order chi connectivity index (χ0) is 15.5. The molecule has 0 aliphatic heterocycles. The van der Waals surface area contributed by atoms with Crippen molar-refractivity contribution in [2.45, 2.75) is 6.61 Å². The van der Waals surface area contributed by atoms with Crippen LogP contribution >= 0.6 is 34.5 Å². The summed E-state index contributed by atoms with van der Waals surface area (Å²) < 4.78 is 10.4. The first-order valence-corrected chi connectivity index (χ1v) is 7.88. The molecular formula is C15H9Cl2NO3S. The van der Waals surface area contributed by atoms with E-state index in [1.165, 1.54) is 6.07 Å². The summed E-state index contributed by atoms with van der Waals surface area (Å²) in [6, 6.07) is 10.2. The van der Waals surface area contributed by atoms with E-state index in [4.69, 9.17) is 32.5 Å². The van der Waals surface area contributed by atoms with Crippen molar-refractivity contribution in [3.63, 3.8) is 0 Å². The summed E-state index contributed by atoms with van der Waals surface area (Å²) in [6.45, 7) is -0.00342. The normalized spacial score (nSPS) is 10.6. The lowest BCUT2D eigenvalue weighted by molar-refractivity contribution is 0.0464. The van der Waals surface area contributed by atoms with Crippen molar-refractivity contribution in [3.8, 4) is 10.6 Å². The third kappa shape index (κ3) is 3.32. The molecule has 0 radical (unpaired) electrons. The lowest BCUT2D eigenvalue weighted by Crippen LogP contribution is -2.06. The van der Waals surface area contributed by atoms with E-state index in [1.807, 2.05) is 17.5 Å². The Kier molecular flexibility index (Phi) is 4.47. The number of hydrogen-bond acceptors (Lipinski definition) is 5. The Hall–Kier alpha value is -1.82. The molecule has 0 fully saturated rings. The topological polar surface area (TPSA) is 52.3 Å². The minimum absolute atomic E-state index is 0.00342. The van der Waals surface area contributed by atoms with Gasteiger partial charge in [0.05, 0.1) is 15.5 Å². The second-order valence-electron chi connectivity index (χ2n) is 4.36. The van der Waals surface area contributed by atoms with Gasteiger partial charge in [-0.3, -0.25) is 0 Å². The van der Waals surface area contributed by atoms with E-state index in [1.54, 1.807) is 29.5 Å². The summed E-state index contributed by atoms with van der Waals surface area (Å²) in [5, 5.41) is 6.52. The van der Waals surface area contributed by atoms with Crippen molar-refractivity contribution >= 4 is 40.5 Å². The Balaban J connectivity index is 1.67. The van der Waals surface area contributed by atoms with Crippen LogP contribution in [0.2, 0.25) is 10.0 Å². The minimum Gasteiger partial charge on any atom is -0.455 e. The van der Waals surface area contributed by atoms with Gasteiger partial charge < -0.3 is 9.26 Å². The lowest BCUT2D eigenvalue weighted by Gasteiger charge is -2.04. The van der Waals surface area contributed by atoms with Gasteiger partial charge in [-0.2, -0.15) is 0 Å². The van der Waals surface area contributed by atoms with Gasteiger partial charge in [-0.1, -0.05) is 34.4 Å². The average Bonchev–Trinajstić information content (AvgIpc) is 3.17. The molecule has 0 bridgehead atoms. The van der Waals surface area contributed by atoms with Gasteiger partial charge in [0.2, 0.25) is 0 Å². The largest absolute Gasteiger partial charge is 0.455 e. The maximum atomic E-state index is 12.0. The first kappa shape index (κ1) is 15.1. The van der Waals surface area contributed by atoms with E-state index in [0.29, 0.717) is 16.5 Å². The number of halogens is 2. The monoisotopic (exact) mass is 353 g/mol. The zero-order valence-corrected chi connectivity index (χ0v) is 13.4. The maximum absolute atomic E-state index is 12.0. The first-order valence-electron chi connectivity index (χ1n) is 6.25. The zero-order valence-electron chi connectivity index (χ0n) is 11.1. The van der Waals surface area contributed by atoms with Crippen molar-refractivity contribution in [3.05, 3.63) is 63.1 Å². The molecule has 0 spiro atoms. The Labute approximate surface area is 140 Å². The minimum atomic E-state index is -0.562. The molecule has 2 aromatic heterocycles. The molecule has 0 N–H and O–H groups in total. The fraction of sp³-hybridized carbons (Fsp3) is 0.0667. The smallest absolute Gasteiger partial charge is 0.340 e. The standard InChI is InChI=1S/C15H9Cl2NO3S/c16-9-3-4-12(17)11(6-9)15(19)20-8-10-7-13(21-18-10)14-2-1-5-22-14/h1-7H,8H2. The molecule has 112 valence electrons. The second kappa shape index (κ2) is 6.52. The SMILES string of the molecule is O=C(OCc1cc(-c2cccs2)on1)c1cc(Cl)ccc1Cl. The predicted molar refractivity (Wildman–Crippen MR) is 85.4 cm³/mol. The summed E-state index contributed by atoms with van der Waals surface area (Å²) in [4.78, 5) is 13.0. The molecule has 0 saturated carbocycles. The molecule has 0 aliphatic carbocycles. The number of carbonyl (C=O) groups is 1. The predicted octanol–water partition coefficient (Wildman–Crippen LogP) is 5.07. The van der Waals surface area contributed by atoms with Crippen molar-refractivity contribution in [2.24, 2.45) is 0 Å². The third-order valence-corrected chi connectivity index (χ3v) is 4.27. The van der Waals surface area contributed by atoms with Crippen molar-refractivity contribution < 1.29 is 14.1 Å². The Morgan fingerprint density at radius 1 is 1.27 bits per heavy atom. The van der Waals surface area contributed by atoms with Crippen LogP contribution in [0.25, 0.3) is 10.6 Å². The molecule has 3 aromatic rings. The maximum Gasteiger partial charge on any atom is 0.340 e. The van der Waals surface area contributed by atoms with Crippen LogP contribution in [0.3, 0.4) is 0 Å². The summed E-state index contributed by atoms with van der Waals surface area (Å²) >= 11 is 13.3. The number of carbonyl (C=O) groups excluding carboxylic acids is 1. The number of esters is 1. The number of thiophene rings is 1. The van der Waals surface area contributed by atoms with Crippen molar-refractivity contribution in [2.75, 3.05) is 0 Å². The van der Waals surface area contributed by atoms with E-state index in [0.717, 1.165) is 4.88 Å². The molecule has 0 amide bonds. The van der Waals surface area contributed by atoms with Crippen LogP contribution in [-0.2, 0) is 11.3 Å². The quantitative estimate of drug-likeness (QED) is 0.614. The van der Waals surface area contributed by atoms with Crippen LogP contribution in [-0.4, -0.2) is 11.1 Å². The van der Waals surface area contributed by atoms with Crippen LogP contribution in [0.1, 0.15) is 16.1 Å². The number of aromatic nitrogens is 1. The average molecular weight is 354 g/mol.